The SMILES string of the molecule is Cc1csc2nc(-c3ccc(NC(=O)C4CC4)cc3)cn12. The molecule has 0 radical (unpaired) electrons. The van der Waals surface area contributed by atoms with Gasteiger partial charge in [0.05, 0.1) is 5.69 Å². The maximum absolute atomic E-state index is 11.7. The summed E-state index contributed by atoms with van der Waals surface area (Å²) < 4.78 is 2.10. The van der Waals surface area contributed by atoms with Gasteiger partial charge in [-0.2, -0.15) is 0 Å². The molecule has 0 saturated heterocycles. The van der Waals surface area contributed by atoms with Gasteiger partial charge in [-0.25, -0.2) is 4.98 Å². The standard InChI is InChI=1S/C16H15N3OS/c1-10-9-21-16-18-14(8-19(10)16)11-4-6-13(7-5-11)17-15(20)12-2-3-12/h4-9,12H,2-3H2,1H3,(H,17,20). The third-order valence-electron chi connectivity index (χ3n) is 3.78. The molecule has 106 valence electrons. The minimum absolute atomic E-state index is 0.140. The molecule has 1 aliphatic rings. The Kier molecular flexibility index (Phi) is 2.82. The number of thiazole rings is 1. The van der Waals surface area contributed by atoms with Crippen LogP contribution in [0, 0.1) is 12.8 Å². The van der Waals surface area contributed by atoms with Crippen molar-refractivity contribution in [1.82, 2.24) is 9.38 Å². The lowest BCUT2D eigenvalue weighted by atomic mass is 10.1. The van der Waals surface area contributed by atoms with E-state index in [0.717, 1.165) is 34.7 Å². The summed E-state index contributed by atoms with van der Waals surface area (Å²) in [5, 5.41) is 5.05. The first kappa shape index (κ1) is 12.6. The highest BCUT2D eigenvalue weighted by molar-refractivity contribution is 7.15. The Labute approximate surface area is 126 Å². The fourth-order valence-electron chi connectivity index (χ4n) is 2.35. The second kappa shape index (κ2) is 4.70. The van der Waals surface area contributed by atoms with Crippen molar-refractivity contribution in [2.24, 2.45) is 5.92 Å². The molecule has 1 fully saturated rings. The summed E-state index contributed by atoms with van der Waals surface area (Å²) in [6, 6.07) is 7.89. The van der Waals surface area contributed by atoms with Gasteiger partial charge in [-0.05, 0) is 31.9 Å². The molecule has 0 unspecified atom stereocenters. The van der Waals surface area contributed by atoms with Crippen molar-refractivity contribution in [3.8, 4) is 11.3 Å². The van der Waals surface area contributed by atoms with Crippen LogP contribution < -0.4 is 5.32 Å². The average molecular weight is 297 g/mol. The lowest BCUT2D eigenvalue weighted by molar-refractivity contribution is -0.117. The van der Waals surface area contributed by atoms with E-state index in [1.165, 1.54) is 5.69 Å². The number of benzene rings is 1. The molecule has 1 saturated carbocycles. The van der Waals surface area contributed by atoms with Crippen LogP contribution in [0.2, 0.25) is 0 Å². The van der Waals surface area contributed by atoms with Crippen LogP contribution in [0.5, 0.6) is 0 Å². The zero-order chi connectivity index (χ0) is 14.4. The van der Waals surface area contributed by atoms with Gasteiger partial charge in [-0.1, -0.05) is 12.1 Å². The Bertz CT molecular complexity index is 812. The summed E-state index contributed by atoms with van der Waals surface area (Å²) in [5.74, 6) is 0.369. The number of carbonyl (C=O) groups excluding carboxylic acids is 1. The molecule has 21 heavy (non-hydrogen) atoms. The zero-order valence-electron chi connectivity index (χ0n) is 11.7. The molecule has 5 heteroatoms. The Balaban J connectivity index is 1.58. The highest BCUT2D eigenvalue weighted by Gasteiger charge is 2.29. The quantitative estimate of drug-likeness (QED) is 0.801. The zero-order valence-corrected chi connectivity index (χ0v) is 12.5. The Morgan fingerprint density at radius 3 is 2.76 bits per heavy atom. The average Bonchev–Trinajstić information content (AvgIpc) is 3.17. The lowest BCUT2D eigenvalue weighted by Gasteiger charge is -2.04. The monoisotopic (exact) mass is 297 g/mol. The molecular weight excluding hydrogens is 282 g/mol. The molecule has 0 spiro atoms. The number of rotatable bonds is 3. The normalized spacial score (nSPS) is 14.5. The first-order chi connectivity index (χ1) is 10.2. The molecule has 1 aliphatic carbocycles. The maximum Gasteiger partial charge on any atom is 0.227 e. The van der Waals surface area contributed by atoms with E-state index in [1.807, 2.05) is 24.3 Å². The van der Waals surface area contributed by atoms with Gasteiger partial charge in [0.25, 0.3) is 0 Å². The Morgan fingerprint density at radius 2 is 2.10 bits per heavy atom. The van der Waals surface area contributed by atoms with Gasteiger partial charge in [-0.3, -0.25) is 9.20 Å². The van der Waals surface area contributed by atoms with Gasteiger partial charge in [0.15, 0.2) is 4.96 Å². The minimum Gasteiger partial charge on any atom is -0.326 e. The van der Waals surface area contributed by atoms with Crippen molar-refractivity contribution >= 4 is 27.9 Å². The minimum atomic E-state index is 0.140. The van der Waals surface area contributed by atoms with Crippen LogP contribution in [0.4, 0.5) is 5.69 Å². The van der Waals surface area contributed by atoms with E-state index in [0.29, 0.717) is 0 Å². The predicted octanol–water partition coefficient (Wildman–Crippen LogP) is 3.72. The van der Waals surface area contributed by atoms with Gasteiger partial charge < -0.3 is 5.32 Å². The number of anilines is 1. The van der Waals surface area contributed by atoms with Gasteiger partial charge in [0.2, 0.25) is 5.91 Å². The van der Waals surface area contributed by atoms with E-state index in [9.17, 15) is 4.79 Å². The molecule has 1 N–H and O–H groups in total. The van der Waals surface area contributed by atoms with E-state index >= 15 is 0 Å². The number of aromatic nitrogens is 2. The number of aryl methyl sites for hydroxylation is 1. The van der Waals surface area contributed by atoms with Crippen LogP contribution in [-0.2, 0) is 4.79 Å². The van der Waals surface area contributed by atoms with Crippen LogP contribution in [0.1, 0.15) is 18.5 Å². The second-order valence-electron chi connectivity index (χ2n) is 5.50. The Hall–Kier alpha value is -2.14. The smallest absolute Gasteiger partial charge is 0.227 e. The summed E-state index contributed by atoms with van der Waals surface area (Å²) in [6.07, 6.45) is 4.10. The van der Waals surface area contributed by atoms with Gasteiger partial charge >= 0.3 is 0 Å². The van der Waals surface area contributed by atoms with Crippen LogP contribution in [-0.4, -0.2) is 15.3 Å². The fourth-order valence-corrected chi connectivity index (χ4v) is 3.20. The number of hydrogen-bond donors (Lipinski definition) is 1. The number of amides is 1. The van der Waals surface area contributed by atoms with Gasteiger partial charge in [-0.15, -0.1) is 11.3 Å². The van der Waals surface area contributed by atoms with Crippen LogP contribution in [0.15, 0.2) is 35.8 Å². The largest absolute Gasteiger partial charge is 0.326 e. The van der Waals surface area contributed by atoms with Gasteiger partial charge in [0.1, 0.15) is 0 Å². The molecule has 0 atom stereocenters. The molecular formula is C16H15N3OS. The third kappa shape index (κ3) is 2.34. The molecule has 4 nitrogen and oxygen atoms in total. The molecule has 4 rings (SSSR count). The van der Waals surface area contributed by atoms with Crippen LogP contribution in [0.3, 0.4) is 0 Å². The number of imidazole rings is 1. The summed E-state index contributed by atoms with van der Waals surface area (Å²) >= 11 is 1.65. The van der Waals surface area contributed by atoms with E-state index < -0.39 is 0 Å². The molecule has 0 aliphatic heterocycles. The van der Waals surface area contributed by atoms with Crippen molar-refractivity contribution in [1.29, 1.82) is 0 Å². The Morgan fingerprint density at radius 1 is 1.33 bits per heavy atom. The third-order valence-corrected chi connectivity index (χ3v) is 4.74. The lowest BCUT2D eigenvalue weighted by Crippen LogP contribution is -2.12. The highest BCUT2D eigenvalue weighted by Crippen LogP contribution is 2.30. The van der Waals surface area contributed by atoms with E-state index in [1.54, 1.807) is 11.3 Å². The predicted molar refractivity (Wildman–Crippen MR) is 84.6 cm³/mol. The van der Waals surface area contributed by atoms with E-state index in [-0.39, 0.29) is 11.8 Å². The van der Waals surface area contributed by atoms with E-state index in [4.69, 9.17) is 0 Å². The molecule has 1 aromatic carbocycles. The molecule has 3 aromatic rings. The highest BCUT2D eigenvalue weighted by atomic mass is 32.1. The number of nitrogens with one attached hydrogen (secondary N) is 1. The summed E-state index contributed by atoms with van der Waals surface area (Å²) in [5.41, 5.74) is 4.08. The first-order valence-corrected chi connectivity index (χ1v) is 7.93. The number of hydrogen-bond acceptors (Lipinski definition) is 3. The summed E-state index contributed by atoms with van der Waals surface area (Å²) in [4.78, 5) is 17.4. The van der Waals surface area contributed by atoms with Crippen molar-refractivity contribution in [3.63, 3.8) is 0 Å². The van der Waals surface area contributed by atoms with Crippen molar-refractivity contribution < 1.29 is 4.79 Å². The van der Waals surface area contributed by atoms with Crippen molar-refractivity contribution in [2.75, 3.05) is 5.32 Å². The number of carbonyl (C=O) groups is 1. The van der Waals surface area contributed by atoms with Crippen molar-refractivity contribution in [3.05, 3.63) is 41.5 Å². The molecule has 2 heterocycles. The topological polar surface area (TPSA) is 46.4 Å². The molecule has 2 aromatic heterocycles. The number of fused-ring (bicyclic) bond motifs is 1. The maximum atomic E-state index is 11.7. The van der Waals surface area contributed by atoms with Crippen LogP contribution >= 0.6 is 11.3 Å². The first-order valence-electron chi connectivity index (χ1n) is 7.05. The van der Waals surface area contributed by atoms with Crippen molar-refractivity contribution in [2.45, 2.75) is 19.8 Å². The summed E-state index contributed by atoms with van der Waals surface area (Å²) in [7, 11) is 0. The molecule has 0 bridgehead atoms. The van der Waals surface area contributed by atoms with Crippen LogP contribution in [0.25, 0.3) is 16.2 Å². The second-order valence-corrected chi connectivity index (χ2v) is 6.33. The van der Waals surface area contributed by atoms with E-state index in [2.05, 4.69) is 33.2 Å². The molecule has 1 amide bonds. The summed E-state index contributed by atoms with van der Waals surface area (Å²) in [6.45, 7) is 2.07. The fraction of sp³-hybridized carbons (Fsp3) is 0.250. The van der Waals surface area contributed by atoms with Gasteiger partial charge in [0, 0.05) is 34.4 Å². The number of nitrogens with zero attached hydrogens (tertiary/aromatic N) is 2.